The van der Waals surface area contributed by atoms with Crippen molar-refractivity contribution in [2.75, 3.05) is 7.05 Å². The van der Waals surface area contributed by atoms with E-state index in [1.165, 1.54) is 4.70 Å². The molecule has 5 heteroatoms. The summed E-state index contributed by atoms with van der Waals surface area (Å²) in [7, 11) is 1.78. The number of aliphatic imine (C=N–C) groups is 1. The Morgan fingerprint density at radius 3 is 2.71 bits per heavy atom. The van der Waals surface area contributed by atoms with Crippen LogP contribution in [0.4, 0.5) is 0 Å². The number of amidine groups is 1. The van der Waals surface area contributed by atoms with Crippen molar-refractivity contribution >= 4 is 27.4 Å². The Bertz CT molecular complexity index is 906. The quantitative estimate of drug-likeness (QED) is 0.752. The highest BCUT2D eigenvalue weighted by molar-refractivity contribution is 7.21. The standard InChI is InChI=1S/C19H18N4S/c1-21-17-12-19(20,10-11-22-17)14-8-6-13(7-9-14)18-23-15-4-2-3-5-16(15)24-18/h2-11H,12,20H2,1H3,(H,21,22). The van der Waals surface area contributed by atoms with E-state index in [0.717, 1.165) is 27.5 Å². The number of hydrogen-bond acceptors (Lipinski definition) is 4. The van der Waals surface area contributed by atoms with Crippen LogP contribution in [0.15, 0.2) is 65.8 Å². The molecule has 120 valence electrons. The zero-order chi connectivity index (χ0) is 16.6. The number of nitrogens with one attached hydrogen (secondary N) is 1. The van der Waals surface area contributed by atoms with Crippen molar-refractivity contribution in [1.82, 2.24) is 10.3 Å². The van der Waals surface area contributed by atoms with Crippen LogP contribution in [-0.4, -0.2) is 17.9 Å². The highest BCUT2D eigenvalue weighted by Crippen LogP contribution is 2.32. The van der Waals surface area contributed by atoms with Crippen molar-refractivity contribution in [1.29, 1.82) is 0 Å². The van der Waals surface area contributed by atoms with Gasteiger partial charge in [-0.2, -0.15) is 0 Å². The molecule has 0 amide bonds. The van der Waals surface area contributed by atoms with Gasteiger partial charge in [0.1, 0.15) is 10.8 Å². The summed E-state index contributed by atoms with van der Waals surface area (Å²) >= 11 is 1.71. The van der Waals surface area contributed by atoms with Crippen LogP contribution in [0.3, 0.4) is 0 Å². The fourth-order valence-electron chi connectivity index (χ4n) is 2.93. The topological polar surface area (TPSA) is 63.3 Å². The van der Waals surface area contributed by atoms with Crippen LogP contribution < -0.4 is 11.1 Å². The normalized spacial score (nSPS) is 22.0. The molecule has 2 aromatic carbocycles. The lowest BCUT2D eigenvalue weighted by Crippen LogP contribution is -2.43. The molecule has 0 bridgehead atoms. The molecule has 0 radical (unpaired) electrons. The van der Waals surface area contributed by atoms with E-state index < -0.39 is 5.54 Å². The van der Waals surface area contributed by atoms with Gasteiger partial charge in [-0.25, -0.2) is 4.98 Å². The molecule has 4 nitrogen and oxygen atoms in total. The Morgan fingerprint density at radius 2 is 1.96 bits per heavy atom. The predicted molar refractivity (Wildman–Crippen MR) is 101 cm³/mol. The lowest BCUT2D eigenvalue weighted by Gasteiger charge is -2.30. The summed E-state index contributed by atoms with van der Waals surface area (Å²) in [5, 5.41) is 4.16. The molecular formula is C19H18N4S. The molecule has 1 aromatic heterocycles. The van der Waals surface area contributed by atoms with E-state index >= 15 is 0 Å². The molecule has 0 fully saturated rings. The third-order valence-electron chi connectivity index (χ3n) is 4.32. The van der Waals surface area contributed by atoms with Crippen molar-refractivity contribution in [2.24, 2.45) is 10.7 Å². The highest BCUT2D eigenvalue weighted by Gasteiger charge is 2.28. The maximum atomic E-state index is 6.58. The van der Waals surface area contributed by atoms with Gasteiger partial charge in [-0.15, -0.1) is 11.3 Å². The van der Waals surface area contributed by atoms with Crippen molar-refractivity contribution < 1.29 is 0 Å². The van der Waals surface area contributed by atoms with Crippen LogP contribution in [0.1, 0.15) is 12.0 Å². The van der Waals surface area contributed by atoms with Gasteiger partial charge in [-0.3, -0.25) is 4.99 Å². The third-order valence-corrected chi connectivity index (χ3v) is 5.41. The molecule has 3 N–H and O–H groups in total. The number of aromatic nitrogens is 1. The van der Waals surface area contributed by atoms with E-state index in [0.29, 0.717) is 6.42 Å². The van der Waals surface area contributed by atoms with Gasteiger partial charge < -0.3 is 11.1 Å². The number of hydrogen-bond donors (Lipinski definition) is 2. The first-order valence-corrected chi connectivity index (χ1v) is 8.65. The minimum Gasteiger partial charge on any atom is -0.351 e. The van der Waals surface area contributed by atoms with Crippen LogP contribution in [-0.2, 0) is 5.54 Å². The molecular weight excluding hydrogens is 316 g/mol. The summed E-state index contributed by atoms with van der Waals surface area (Å²) < 4.78 is 1.21. The van der Waals surface area contributed by atoms with Crippen molar-refractivity contribution in [2.45, 2.75) is 12.0 Å². The molecule has 0 saturated carbocycles. The fourth-order valence-corrected chi connectivity index (χ4v) is 3.91. The maximum absolute atomic E-state index is 6.58. The average molecular weight is 334 g/mol. The first kappa shape index (κ1) is 15.1. The second-order valence-corrected chi connectivity index (χ2v) is 6.96. The average Bonchev–Trinajstić information content (AvgIpc) is 3.06. The summed E-state index contributed by atoms with van der Waals surface area (Å²) in [6.45, 7) is 0. The van der Waals surface area contributed by atoms with Crippen LogP contribution >= 0.6 is 11.3 Å². The SMILES string of the molecule is CN=C1CC(N)(c2ccc(-c3nc4ccccc4s3)cc2)C=CN1. The molecule has 4 rings (SSSR count). The van der Waals surface area contributed by atoms with Gasteiger partial charge in [0.25, 0.3) is 0 Å². The predicted octanol–water partition coefficient (Wildman–Crippen LogP) is 3.65. The van der Waals surface area contributed by atoms with Crippen LogP contribution in [0.5, 0.6) is 0 Å². The highest BCUT2D eigenvalue weighted by atomic mass is 32.1. The smallest absolute Gasteiger partial charge is 0.124 e. The van der Waals surface area contributed by atoms with Crippen molar-refractivity contribution in [3.8, 4) is 10.6 Å². The maximum Gasteiger partial charge on any atom is 0.124 e. The zero-order valence-corrected chi connectivity index (χ0v) is 14.2. The fraction of sp³-hybridized carbons (Fsp3) is 0.158. The van der Waals surface area contributed by atoms with Gasteiger partial charge in [-0.05, 0) is 23.8 Å². The van der Waals surface area contributed by atoms with E-state index in [4.69, 9.17) is 10.7 Å². The lowest BCUT2D eigenvalue weighted by atomic mass is 9.85. The van der Waals surface area contributed by atoms with Gasteiger partial charge in [0.2, 0.25) is 0 Å². The molecule has 3 aromatic rings. The summed E-state index contributed by atoms with van der Waals surface area (Å²) in [6.07, 6.45) is 4.53. The molecule has 0 saturated heterocycles. The summed E-state index contributed by atoms with van der Waals surface area (Å²) in [6, 6.07) is 16.6. The first-order chi connectivity index (χ1) is 11.7. The lowest BCUT2D eigenvalue weighted by molar-refractivity contribution is 0.567. The van der Waals surface area contributed by atoms with Crippen LogP contribution in [0, 0.1) is 0 Å². The number of thiazole rings is 1. The molecule has 24 heavy (non-hydrogen) atoms. The van der Waals surface area contributed by atoms with Crippen molar-refractivity contribution in [3.05, 3.63) is 66.4 Å². The molecule has 0 aliphatic carbocycles. The third kappa shape index (κ3) is 2.62. The molecule has 1 unspecified atom stereocenters. The van der Waals surface area contributed by atoms with E-state index in [2.05, 4.69) is 40.6 Å². The Kier molecular flexibility index (Phi) is 3.67. The summed E-state index contributed by atoms with van der Waals surface area (Å²) in [5.74, 6) is 0.898. The number of benzene rings is 2. The second-order valence-electron chi connectivity index (χ2n) is 5.93. The Balaban J connectivity index is 1.67. The number of para-hydroxylation sites is 1. The molecule has 1 atom stereocenters. The number of nitrogens with two attached hydrogens (primary N) is 1. The first-order valence-electron chi connectivity index (χ1n) is 7.83. The van der Waals surface area contributed by atoms with E-state index in [9.17, 15) is 0 Å². The zero-order valence-electron chi connectivity index (χ0n) is 13.4. The Morgan fingerprint density at radius 1 is 1.17 bits per heavy atom. The molecule has 1 aliphatic heterocycles. The second kappa shape index (κ2) is 5.85. The summed E-state index contributed by atoms with van der Waals surface area (Å²) in [5.41, 5.74) is 9.29. The van der Waals surface area contributed by atoms with Crippen molar-refractivity contribution in [3.63, 3.8) is 0 Å². The number of rotatable bonds is 2. The van der Waals surface area contributed by atoms with Crippen LogP contribution in [0.25, 0.3) is 20.8 Å². The Labute approximate surface area is 144 Å². The molecule has 0 spiro atoms. The number of fused-ring (bicyclic) bond motifs is 1. The van der Waals surface area contributed by atoms with E-state index in [1.54, 1.807) is 18.4 Å². The minimum absolute atomic E-state index is 0.522. The van der Waals surface area contributed by atoms with Crippen LogP contribution in [0.2, 0.25) is 0 Å². The summed E-state index contributed by atoms with van der Waals surface area (Å²) in [4.78, 5) is 8.94. The minimum atomic E-state index is -0.522. The van der Waals surface area contributed by atoms with Gasteiger partial charge in [-0.1, -0.05) is 36.4 Å². The van der Waals surface area contributed by atoms with Gasteiger partial charge >= 0.3 is 0 Å². The van der Waals surface area contributed by atoms with Gasteiger partial charge in [0.15, 0.2) is 0 Å². The Hall–Kier alpha value is -2.50. The monoisotopic (exact) mass is 334 g/mol. The molecule has 1 aliphatic rings. The van der Waals surface area contributed by atoms with Gasteiger partial charge in [0, 0.05) is 25.2 Å². The largest absolute Gasteiger partial charge is 0.351 e. The van der Waals surface area contributed by atoms with E-state index in [1.807, 2.05) is 30.5 Å². The van der Waals surface area contributed by atoms with E-state index in [-0.39, 0.29) is 0 Å². The van der Waals surface area contributed by atoms with Gasteiger partial charge in [0.05, 0.1) is 15.8 Å². The molecule has 2 heterocycles. The number of nitrogens with zero attached hydrogens (tertiary/aromatic N) is 2.